The summed E-state index contributed by atoms with van der Waals surface area (Å²) >= 11 is 0. The third-order valence-electron chi connectivity index (χ3n) is 4.79. The van der Waals surface area contributed by atoms with Crippen LogP contribution in [0.25, 0.3) is 0 Å². The first-order chi connectivity index (χ1) is 9.48. The lowest BCUT2D eigenvalue weighted by molar-refractivity contribution is 0.301. The first-order valence-electron chi connectivity index (χ1n) is 7.24. The third-order valence-corrected chi connectivity index (χ3v) is 4.79. The molecule has 0 unspecified atom stereocenters. The van der Waals surface area contributed by atoms with Gasteiger partial charge in [0.15, 0.2) is 5.84 Å². The first kappa shape index (κ1) is 14.7. The van der Waals surface area contributed by atoms with Crippen molar-refractivity contribution in [3.05, 3.63) is 11.3 Å². The van der Waals surface area contributed by atoms with E-state index in [0.29, 0.717) is 5.41 Å². The Bertz CT molecular complexity index is 516. The fourth-order valence-electron chi connectivity index (χ4n) is 3.30. The lowest BCUT2D eigenvalue weighted by atomic mass is 9.82. The van der Waals surface area contributed by atoms with Crippen LogP contribution in [0.1, 0.15) is 44.4 Å². The van der Waals surface area contributed by atoms with Crippen LogP contribution < -0.4 is 10.6 Å². The van der Waals surface area contributed by atoms with Gasteiger partial charge in [0, 0.05) is 20.1 Å². The van der Waals surface area contributed by atoms with E-state index in [-0.39, 0.29) is 5.84 Å². The van der Waals surface area contributed by atoms with Gasteiger partial charge in [0.1, 0.15) is 5.82 Å². The molecule has 112 valence electrons. The predicted molar refractivity (Wildman–Crippen MR) is 80.3 cm³/mol. The number of nitrogens with zero attached hydrogens (tertiary/aromatic N) is 4. The Morgan fingerprint density at radius 2 is 2.10 bits per heavy atom. The number of amidine groups is 1. The van der Waals surface area contributed by atoms with Crippen LogP contribution in [0.3, 0.4) is 0 Å². The fourth-order valence-corrected chi connectivity index (χ4v) is 3.30. The first-order valence-corrected chi connectivity index (χ1v) is 7.24. The minimum atomic E-state index is 0.135. The van der Waals surface area contributed by atoms with Crippen molar-refractivity contribution in [1.82, 2.24) is 9.78 Å². The largest absolute Gasteiger partial charge is 0.409 e. The van der Waals surface area contributed by atoms with E-state index in [2.05, 4.69) is 29.0 Å². The van der Waals surface area contributed by atoms with E-state index in [0.717, 1.165) is 30.2 Å². The Kier molecular flexibility index (Phi) is 3.92. The molecule has 1 aliphatic heterocycles. The zero-order valence-electron chi connectivity index (χ0n) is 12.8. The van der Waals surface area contributed by atoms with Gasteiger partial charge >= 0.3 is 0 Å². The van der Waals surface area contributed by atoms with Gasteiger partial charge < -0.3 is 15.8 Å². The molecule has 0 spiro atoms. The van der Waals surface area contributed by atoms with E-state index in [1.807, 2.05) is 18.7 Å². The highest BCUT2D eigenvalue weighted by Gasteiger charge is 2.37. The second kappa shape index (κ2) is 5.34. The molecule has 1 saturated heterocycles. The molecule has 1 aliphatic rings. The molecular weight excluding hydrogens is 254 g/mol. The number of anilines is 1. The van der Waals surface area contributed by atoms with E-state index < -0.39 is 0 Å². The van der Waals surface area contributed by atoms with E-state index in [9.17, 15) is 0 Å². The van der Waals surface area contributed by atoms with Crippen LogP contribution in [0.2, 0.25) is 0 Å². The van der Waals surface area contributed by atoms with E-state index in [4.69, 9.17) is 10.9 Å². The SMILES string of the molecule is CCC1(CC)CCN(c2c(C(N)=NO)c(C)nn2C)C1. The third kappa shape index (κ3) is 2.23. The molecule has 3 N–H and O–H groups in total. The molecule has 0 bridgehead atoms. The zero-order chi connectivity index (χ0) is 14.9. The van der Waals surface area contributed by atoms with Gasteiger partial charge in [-0.3, -0.25) is 4.68 Å². The Hall–Kier alpha value is -1.72. The smallest absolute Gasteiger partial charge is 0.175 e. The number of hydrogen-bond acceptors (Lipinski definition) is 4. The molecule has 0 aliphatic carbocycles. The normalized spacial score (nSPS) is 18.8. The Morgan fingerprint density at radius 1 is 1.45 bits per heavy atom. The molecular formula is C14H25N5O. The molecule has 0 radical (unpaired) electrons. The van der Waals surface area contributed by atoms with Gasteiger partial charge in [0.05, 0.1) is 11.3 Å². The van der Waals surface area contributed by atoms with Gasteiger partial charge in [-0.1, -0.05) is 19.0 Å². The maximum atomic E-state index is 8.99. The summed E-state index contributed by atoms with van der Waals surface area (Å²) in [5.74, 6) is 1.10. The number of hydrogen-bond donors (Lipinski definition) is 2. The number of rotatable bonds is 4. The van der Waals surface area contributed by atoms with Crippen molar-refractivity contribution >= 4 is 11.7 Å². The molecule has 0 amide bonds. The Morgan fingerprint density at radius 3 is 2.60 bits per heavy atom. The number of oxime groups is 1. The van der Waals surface area contributed by atoms with E-state index in [1.165, 1.54) is 19.3 Å². The number of nitrogens with two attached hydrogens (primary N) is 1. The molecule has 1 fully saturated rings. The van der Waals surface area contributed by atoms with Crippen LogP contribution in [0.15, 0.2) is 5.16 Å². The summed E-state index contributed by atoms with van der Waals surface area (Å²) in [5.41, 5.74) is 7.75. The van der Waals surface area contributed by atoms with Crippen molar-refractivity contribution in [3.63, 3.8) is 0 Å². The minimum absolute atomic E-state index is 0.135. The maximum Gasteiger partial charge on any atom is 0.175 e. The summed E-state index contributed by atoms with van der Waals surface area (Å²) in [6, 6.07) is 0. The predicted octanol–water partition coefficient (Wildman–Crippen LogP) is 1.84. The lowest BCUT2D eigenvalue weighted by Gasteiger charge is -2.27. The summed E-state index contributed by atoms with van der Waals surface area (Å²) < 4.78 is 1.84. The van der Waals surface area contributed by atoms with Crippen molar-refractivity contribution in [2.24, 2.45) is 23.4 Å². The van der Waals surface area contributed by atoms with Gasteiger partial charge in [-0.15, -0.1) is 0 Å². The van der Waals surface area contributed by atoms with Crippen LogP contribution in [0.4, 0.5) is 5.82 Å². The molecule has 2 heterocycles. The summed E-state index contributed by atoms with van der Waals surface area (Å²) in [7, 11) is 1.91. The van der Waals surface area contributed by atoms with Gasteiger partial charge in [-0.2, -0.15) is 5.10 Å². The monoisotopic (exact) mass is 279 g/mol. The van der Waals surface area contributed by atoms with E-state index >= 15 is 0 Å². The van der Waals surface area contributed by atoms with Gasteiger partial charge in [0.2, 0.25) is 0 Å². The maximum absolute atomic E-state index is 8.99. The zero-order valence-corrected chi connectivity index (χ0v) is 12.8. The minimum Gasteiger partial charge on any atom is -0.409 e. The molecule has 1 aromatic rings. The average Bonchev–Trinajstić information content (AvgIpc) is 2.99. The molecule has 2 rings (SSSR count). The second-order valence-electron chi connectivity index (χ2n) is 5.77. The molecule has 0 atom stereocenters. The summed E-state index contributed by atoms with van der Waals surface area (Å²) in [6.45, 7) is 8.40. The van der Waals surface area contributed by atoms with Gasteiger partial charge in [-0.25, -0.2) is 0 Å². The summed E-state index contributed by atoms with van der Waals surface area (Å²) in [4.78, 5) is 2.32. The molecule has 1 aromatic heterocycles. The van der Waals surface area contributed by atoms with Crippen molar-refractivity contribution in [1.29, 1.82) is 0 Å². The highest BCUT2D eigenvalue weighted by atomic mass is 16.4. The summed E-state index contributed by atoms with van der Waals surface area (Å²) in [5, 5.41) is 16.6. The topological polar surface area (TPSA) is 79.7 Å². The highest BCUT2D eigenvalue weighted by Crippen LogP contribution is 2.40. The number of aryl methyl sites for hydroxylation is 2. The van der Waals surface area contributed by atoms with Crippen molar-refractivity contribution < 1.29 is 5.21 Å². The van der Waals surface area contributed by atoms with Crippen LogP contribution in [-0.4, -0.2) is 33.9 Å². The quantitative estimate of drug-likeness (QED) is 0.381. The highest BCUT2D eigenvalue weighted by molar-refractivity contribution is 6.02. The molecule has 20 heavy (non-hydrogen) atoms. The average molecular weight is 279 g/mol. The standard InChI is InChI=1S/C14H25N5O/c1-5-14(6-2)7-8-19(9-14)13-11(12(15)17-20)10(3)16-18(13)4/h20H,5-9H2,1-4H3,(H2,15,17). The van der Waals surface area contributed by atoms with Crippen LogP contribution in [-0.2, 0) is 7.05 Å². The molecule has 0 saturated carbocycles. The number of aromatic nitrogens is 2. The Labute approximate surface area is 120 Å². The van der Waals surface area contributed by atoms with Crippen molar-refractivity contribution in [3.8, 4) is 0 Å². The molecule has 6 heteroatoms. The van der Waals surface area contributed by atoms with Crippen molar-refractivity contribution in [2.45, 2.75) is 40.0 Å². The molecule has 6 nitrogen and oxygen atoms in total. The van der Waals surface area contributed by atoms with Crippen molar-refractivity contribution in [2.75, 3.05) is 18.0 Å². The Balaban J connectivity index is 2.40. The van der Waals surface area contributed by atoms with Crippen LogP contribution in [0.5, 0.6) is 0 Å². The van der Waals surface area contributed by atoms with Gasteiger partial charge in [-0.05, 0) is 31.6 Å². The lowest BCUT2D eigenvalue weighted by Crippen LogP contribution is -2.29. The van der Waals surface area contributed by atoms with Crippen LogP contribution in [0, 0.1) is 12.3 Å². The summed E-state index contributed by atoms with van der Waals surface area (Å²) in [6.07, 6.45) is 3.53. The van der Waals surface area contributed by atoms with Gasteiger partial charge in [0.25, 0.3) is 0 Å². The molecule has 0 aromatic carbocycles. The fraction of sp³-hybridized carbons (Fsp3) is 0.714. The second-order valence-corrected chi connectivity index (χ2v) is 5.77. The van der Waals surface area contributed by atoms with E-state index in [1.54, 1.807) is 0 Å². The van der Waals surface area contributed by atoms with Crippen LogP contribution >= 0.6 is 0 Å².